The molecular weight excluding hydrogens is 310 g/mol. The summed E-state index contributed by atoms with van der Waals surface area (Å²) in [7, 11) is 0. The number of halogens is 2. The maximum atomic E-state index is 6.46. The first-order valence-corrected chi connectivity index (χ1v) is 7.86. The standard InChI is InChI=1S/C15H21BrClN/c1-9-3-4-11(7-10(9)2)15(18)13-6-5-12(17)8-14(13)16/h5-6,8-11,15H,3-4,7,18H2,1-2H3. The smallest absolute Gasteiger partial charge is 0.0417 e. The first-order chi connectivity index (χ1) is 8.49. The number of rotatable bonds is 2. The third-order valence-corrected chi connectivity index (χ3v) is 5.39. The number of hydrogen-bond donors (Lipinski definition) is 1. The van der Waals surface area contributed by atoms with Crippen molar-refractivity contribution in [2.75, 3.05) is 0 Å². The van der Waals surface area contributed by atoms with Gasteiger partial charge in [-0.25, -0.2) is 0 Å². The van der Waals surface area contributed by atoms with E-state index >= 15 is 0 Å². The second-order valence-electron chi connectivity index (χ2n) is 5.72. The molecule has 0 saturated heterocycles. The van der Waals surface area contributed by atoms with Crippen LogP contribution in [0.4, 0.5) is 0 Å². The van der Waals surface area contributed by atoms with E-state index < -0.39 is 0 Å². The fourth-order valence-corrected chi connectivity index (χ4v) is 3.89. The van der Waals surface area contributed by atoms with Gasteiger partial charge >= 0.3 is 0 Å². The molecule has 2 rings (SSSR count). The van der Waals surface area contributed by atoms with Crippen molar-refractivity contribution in [3.63, 3.8) is 0 Å². The van der Waals surface area contributed by atoms with Crippen molar-refractivity contribution < 1.29 is 0 Å². The van der Waals surface area contributed by atoms with Gasteiger partial charge in [0, 0.05) is 15.5 Å². The molecule has 4 atom stereocenters. The molecule has 0 bridgehead atoms. The van der Waals surface area contributed by atoms with Crippen molar-refractivity contribution in [3.05, 3.63) is 33.3 Å². The van der Waals surface area contributed by atoms with Gasteiger partial charge < -0.3 is 5.73 Å². The van der Waals surface area contributed by atoms with Crippen LogP contribution in [0.5, 0.6) is 0 Å². The molecule has 100 valence electrons. The van der Waals surface area contributed by atoms with Crippen LogP contribution in [0.15, 0.2) is 22.7 Å². The molecule has 1 aliphatic rings. The van der Waals surface area contributed by atoms with Crippen LogP contribution < -0.4 is 5.73 Å². The normalized spacial score (nSPS) is 30.2. The molecule has 4 unspecified atom stereocenters. The van der Waals surface area contributed by atoms with Crippen molar-refractivity contribution in [2.45, 2.75) is 39.2 Å². The first kappa shape index (κ1) is 14.4. The van der Waals surface area contributed by atoms with Crippen LogP contribution in [0.1, 0.15) is 44.7 Å². The van der Waals surface area contributed by atoms with Gasteiger partial charge in [-0.2, -0.15) is 0 Å². The highest BCUT2D eigenvalue weighted by atomic mass is 79.9. The molecule has 1 fully saturated rings. The predicted octanol–water partition coefficient (Wildman–Crippen LogP) is 5.17. The fraction of sp³-hybridized carbons (Fsp3) is 0.600. The van der Waals surface area contributed by atoms with Gasteiger partial charge in [0.1, 0.15) is 0 Å². The van der Waals surface area contributed by atoms with Crippen molar-refractivity contribution in [3.8, 4) is 0 Å². The molecule has 0 radical (unpaired) electrons. The molecule has 3 heteroatoms. The molecule has 1 saturated carbocycles. The molecule has 0 spiro atoms. The lowest BCUT2D eigenvalue weighted by Crippen LogP contribution is -2.29. The molecule has 0 aliphatic heterocycles. The Morgan fingerprint density at radius 2 is 2.00 bits per heavy atom. The summed E-state index contributed by atoms with van der Waals surface area (Å²) in [6.07, 6.45) is 3.77. The Morgan fingerprint density at radius 3 is 2.61 bits per heavy atom. The third kappa shape index (κ3) is 3.09. The van der Waals surface area contributed by atoms with E-state index in [4.69, 9.17) is 17.3 Å². The predicted molar refractivity (Wildman–Crippen MR) is 81.7 cm³/mol. The summed E-state index contributed by atoms with van der Waals surface area (Å²) in [4.78, 5) is 0. The zero-order valence-corrected chi connectivity index (χ0v) is 13.3. The Labute approximate surface area is 123 Å². The van der Waals surface area contributed by atoms with E-state index in [1.807, 2.05) is 12.1 Å². The average molecular weight is 331 g/mol. The molecular formula is C15H21BrClN. The lowest BCUT2D eigenvalue weighted by Gasteiger charge is -2.35. The molecule has 0 amide bonds. The lowest BCUT2D eigenvalue weighted by atomic mass is 9.72. The Balaban J connectivity index is 2.13. The van der Waals surface area contributed by atoms with Gasteiger partial charge in [-0.3, -0.25) is 0 Å². The molecule has 18 heavy (non-hydrogen) atoms. The minimum absolute atomic E-state index is 0.117. The molecule has 2 N–H and O–H groups in total. The summed E-state index contributed by atoms with van der Waals surface area (Å²) in [6, 6.07) is 6.04. The van der Waals surface area contributed by atoms with E-state index in [0.29, 0.717) is 5.92 Å². The largest absolute Gasteiger partial charge is 0.324 e. The van der Waals surface area contributed by atoms with Crippen LogP contribution in [0.3, 0.4) is 0 Å². The Bertz CT molecular complexity index is 421. The van der Waals surface area contributed by atoms with Gasteiger partial charge in [-0.1, -0.05) is 53.9 Å². The highest BCUT2D eigenvalue weighted by Crippen LogP contribution is 2.40. The van der Waals surface area contributed by atoms with Crippen LogP contribution >= 0.6 is 27.5 Å². The summed E-state index contributed by atoms with van der Waals surface area (Å²) in [5.74, 6) is 2.21. The Morgan fingerprint density at radius 1 is 1.28 bits per heavy atom. The highest BCUT2D eigenvalue weighted by molar-refractivity contribution is 9.10. The van der Waals surface area contributed by atoms with Gasteiger partial charge in [-0.05, 0) is 48.3 Å². The summed E-state index contributed by atoms with van der Waals surface area (Å²) >= 11 is 9.56. The summed E-state index contributed by atoms with van der Waals surface area (Å²) in [6.45, 7) is 4.70. The van der Waals surface area contributed by atoms with E-state index in [1.54, 1.807) is 0 Å². The number of benzene rings is 1. The van der Waals surface area contributed by atoms with Gasteiger partial charge in [0.25, 0.3) is 0 Å². The maximum absolute atomic E-state index is 6.46. The quantitative estimate of drug-likeness (QED) is 0.795. The topological polar surface area (TPSA) is 26.0 Å². The molecule has 1 aliphatic carbocycles. The summed E-state index contributed by atoms with van der Waals surface area (Å²) in [5.41, 5.74) is 7.64. The second kappa shape index (κ2) is 5.94. The van der Waals surface area contributed by atoms with Crippen molar-refractivity contribution in [1.29, 1.82) is 0 Å². The van der Waals surface area contributed by atoms with E-state index in [9.17, 15) is 0 Å². The number of hydrogen-bond acceptors (Lipinski definition) is 1. The molecule has 0 aromatic heterocycles. The van der Waals surface area contributed by atoms with Gasteiger partial charge in [-0.15, -0.1) is 0 Å². The van der Waals surface area contributed by atoms with Crippen LogP contribution in [-0.2, 0) is 0 Å². The van der Waals surface area contributed by atoms with Crippen LogP contribution in [0.2, 0.25) is 5.02 Å². The van der Waals surface area contributed by atoms with Gasteiger partial charge in [0.2, 0.25) is 0 Å². The van der Waals surface area contributed by atoms with Crippen LogP contribution in [0, 0.1) is 17.8 Å². The minimum Gasteiger partial charge on any atom is -0.324 e. The average Bonchev–Trinajstić information content (AvgIpc) is 2.32. The Hall–Kier alpha value is -0.0500. The molecule has 1 aromatic carbocycles. The summed E-state index contributed by atoms with van der Waals surface area (Å²) < 4.78 is 1.04. The molecule has 1 nitrogen and oxygen atoms in total. The van der Waals surface area contributed by atoms with Gasteiger partial charge in [0.05, 0.1) is 0 Å². The zero-order valence-electron chi connectivity index (χ0n) is 11.0. The third-order valence-electron chi connectivity index (χ3n) is 4.47. The fourth-order valence-electron chi connectivity index (χ4n) is 2.94. The van der Waals surface area contributed by atoms with Crippen LogP contribution in [-0.4, -0.2) is 0 Å². The van der Waals surface area contributed by atoms with E-state index in [-0.39, 0.29) is 6.04 Å². The number of nitrogens with two attached hydrogens (primary N) is 1. The van der Waals surface area contributed by atoms with Crippen LogP contribution in [0.25, 0.3) is 0 Å². The maximum Gasteiger partial charge on any atom is 0.0417 e. The van der Waals surface area contributed by atoms with Crippen molar-refractivity contribution >= 4 is 27.5 Å². The lowest BCUT2D eigenvalue weighted by molar-refractivity contribution is 0.186. The van der Waals surface area contributed by atoms with Crippen molar-refractivity contribution in [2.24, 2.45) is 23.5 Å². The minimum atomic E-state index is 0.117. The van der Waals surface area contributed by atoms with E-state index in [1.165, 1.54) is 24.8 Å². The van der Waals surface area contributed by atoms with E-state index in [2.05, 4.69) is 35.8 Å². The summed E-state index contributed by atoms with van der Waals surface area (Å²) in [5, 5.41) is 0.753. The Kier molecular flexibility index (Phi) is 4.74. The second-order valence-corrected chi connectivity index (χ2v) is 7.01. The molecule has 1 aromatic rings. The zero-order chi connectivity index (χ0) is 13.3. The van der Waals surface area contributed by atoms with E-state index in [0.717, 1.165) is 21.3 Å². The van der Waals surface area contributed by atoms with Crippen molar-refractivity contribution in [1.82, 2.24) is 0 Å². The molecule has 0 heterocycles. The SMILES string of the molecule is CC1CCC(C(N)c2ccc(Cl)cc2Br)CC1C. The first-order valence-electron chi connectivity index (χ1n) is 6.69. The van der Waals surface area contributed by atoms with Gasteiger partial charge in [0.15, 0.2) is 0 Å². The monoisotopic (exact) mass is 329 g/mol. The highest BCUT2D eigenvalue weighted by Gasteiger charge is 2.29.